The first-order chi connectivity index (χ1) is 15.0. The smallest absolute Gasteiger partial charge is 0.292 e. The highest BCUT2D eigenvalue weighted by Crippen LogP contribution is 2.20. The van der Waals surface area contributed by atoms with E-state index < -0.39 is 5.91 Å². The Morgan fingerprint density at radius 1 is 1.26 bits per heavy atom. The van der Waals surface area contributed by atoms with Gasteiger partial charge in [0, 0.05) is 17.1 Å². The number of nitrogens with zero attached hydrogens (tertiary/aromatic N) is 7. The summed E-state index contributed by atoms with van der Waals surface area (Å²) in [6.07, 6.45) is 4.81. The van der Waals surface area contributed by atoms with Crippen molar-refractivity contribution in [3.05, 3.63) is 45.2 Å². The molecule has 4 rings (SSSR count). The maximum atomic E-state index is 13.0. The monoisotopic (exact) mass is 463 g/mol. The van der Waals surface area contributed by atoms with Crippen LogP contribution in [0, 0.1) is 0 Å². The molecule has 1 aliphatic heterocycles. The minimum atomic E-state index is -0.541. The Morgan fingerprint density at radius 2 is 2.06 bits per heavy atom. The molecule has 0 bridgehead atoms. The molecule has 0 saturated carbocycles. The first-order valence-corrected chi connectivity index (χ1v) is 10.3. The van der Waals surface area contributed by atoms with Crippen LogP contribution in [0.5, 0.6) is 0 Å². The fraction of sp³-hybridized carbons (Fsp3) is 0.333. The Balaban J connectivity index is 1.59. The van der Waals surface area contributed by atoms with Crippen molar-refractivity contribution in [3.63, 3.8) is 0 Å². The van der Waals surface area contributed by atoms with Gasteiger partial charge in [0.2, 0.25) is 11.6 Å². The second-order valence-electron chi connectivity index (χ2n) is 6.97. The number of carbonyl (C=O) groups excluding carboxylic acids is 1. The first-order valence-electron chi connectivity index (χ1n) is 9.56. The average molecular weight is 464 g/mol. The zero-order chi connectivity index (χ0) is 21.8. The number of piperidine rings is 1. The minimum Gasteiger partial charge on any atom is -0.378 e. The molecule has 2 aromatic heterocycles. The lowest BCUT2D eigenvalue weighted by atomic mass is 10.1. The zero-order valence-electron chi connectivity index (χ0n) is 16.3. The highest BCUT2D eigenvalue weighted by atomic mass is 35.5. The predicted octanol–water partition coefficient (Wildman–Crippen LogP) is 2.29. The van der Waals surface area contributed by atoms with E-state index in [1.807, 2.05) is 0 Å². The SMILES string of the molecule is Nc1nonc1-n1nnc(CN2CCCCC2)c1C(=O)N/N=C/c1ccc(Cl)cc1Cl. The summed E-state index contributed by atoms with van der Waals surface area (Å²) < 4.78 is 5.84. The van der Waals surface area contributed by atoms with E-state index in [-0.39, 0.29) is 17.3 Å². The predicted molar refractivity (Wildman–Crippen MR) is 114 cm³/mol. The summed E-state index contributed by atoms with van der Waals surface area (Å²) >= 11 is 12.0. The van der Waals surface area contributed by atoms with Gasteiger partial charge < -0.3 is 5.73 Å². The lowest BCUT2D eigenvalue weighted by Gasteiger charge is -2.25. The summed E-state index contributed by atoms with van der Waals surface area (Å²) in [6.45, 7) is 2.31. The van der Waals surface area contributed by atoms with E-state index in [2.05, 4.69) is 40.7 Å². The van der Waals surface area contributed by atoms with Gasteiger partial charge in [0.1, 0.15) is 5.69 Å². The number of aromatic nitrogens is 5. The molecule has 0 radical (unpaired) electrons. The number of benzene rings is 1. The number of likely N-dealkylation sites (tertiary alicyclic amines) is 1. The van der Waals surface area contributed by atoms with Crippen LogP contribution in [0.15, 0.2) is 27.9 Å². The number of hydrogen-bond acceptors (Lipinski definition) is 9. The third kappa shape index (κ3) is 4.84. The van der Waals surface area contributed by atoms with Crippen molar-refractivity contribution in [2.45, 2.75) is 25.8 Å². The number of hydrazone groups is 1. The van der Waals surface area contributed by atoms with Gasteiger partial charge in [-0.3, -0.25) is 9.69 Å². The van der Waals surface area contributed by atoms with Crippen LogP contribution in [0.2, 0.25) is 10.0 Å². The third-order valence-corrected chi connectivity index (χ3v) is 5.37. The van der Waals surface area contributed by atoms with Crippen LogP contribution in [-0.2, 0) is 6.54 Å². The normalized spacial score (nSPS) is 14.9. The fourth-order valence-electron chi connectivity index (χ4n) is 3.28. The molecule has 0 atom stereocenters. The number of rotatable bonds is 6. The van der Waals surface area contributed by atoms with E-state index >= 15 is 0 Å². The molecule has 11 nitrogen and oxygen atoms in total. The molecule has 13 heteroatoms. The Morgan fingerprint density at radius 3 is 2.77 bits per heavy atom. The van der Waals surface area contributed by atoms with E-state index in [1.165, 1.54) is 17.3 Å². The molecule has 0 spiro atoms. The van der Waals surface area contributed by atoms with Crippen molar-refractivity contribution in [2.75, 3.05) is 18.8 Å². The largest absolute Gasteiger partial charge is 0.378 e. The van der Waals surface area contributed by atoms with E-state index in [9.17, 15) is 4.79 Å². The molecular weight excluding hydrogens is 445 g/mol. The summed E-state index contributed by atoms with van der Waals surface area (Å²) in [5.74, 6) is -0.479. The van der Waals surface area contributed by atoms with E-state index in [1.54, 1.807) is 18.2 Å². The summed E-state index contributed by atoms with van der Waals surface area (Å²) in [6, 6.07) is 4.95. The van der Waals surface area contributed by atoms with Gasteiger partial charge in [-0.2, -0.15) is 9.78 Å². The summed E-state index contributed by atoms with van der Waals surface area (Å²) in [4.78, 5) is 15.2. The lowest BCUT2D eigenvalue weighted by molar-refractivity contribution is 0.0944. The van der Waals surface area contributed by atoms with Crippen LogP contribution in [0.3, 0.4) is 0 Å². The first kappa shape index (κ1) is 21.2. The van der Waals surface area contributed by atoms with Crippen LogP contribution < -0.4 is 11.2 Å². The van der Waals surface area contributed by atoms with E-state index in [4.69, 9.17) is 28.9 Å². The van der Waals surface area contributed by atoms with Crippen molar-refractivity contribution < 1.29 is 9.42 Å². The molecule has 0 aliphatic carbocycles. The second-order valence-corrected chi connectivity index (χ2v) is 7.82. The van der Waals surface area contributed by atoms with Crippen molar-refractivity contribution in [1.29, 1.82) is 0 Å². The molecule has 0 unspecified atom stereocenters. The van der Waals surface area contributed by atoms with Crippen LogP contribution in [0.4, 0.5) is 5.82 Å². The standard InChI is InChI=1S/C18H19Cl2N9O2/c19-12-5-4-11(13(20)8-12)9-22-24-18(30)15-14(10-28-6-2-1-3-7-28)23-27-29(15)17-16(21)25-31-26-17/h4-5,8-9H,1-3,6-7,10H2,(H2,21,25)(H,24,30)/b22-9+. The molecular formula is C18H19Cl2N9O2. The van der Waals surface area contributed by atoms with Gasteiger partial charge in [0.25, 0.3) is 5.91 Å². The molecule has 3 aromatic rings. The number of nitrogens with two attached hydrogens (primary N) is 1. The summed E-state index contributed by atoms with van der Waals surface area (Å²) in [5.41, 5.74) is 9.47. The van der Waals surface area contributed by atoms with Gasteiger partial charge in [0.05, 0.1) is 11.2 Å². The van der Waals surface area contributed by atoms with Gasteiger partial charge in [-0.05, 0) is 48.4 Å². The molecule has 3 N–H and O–H groups in total. The van der Waals surface area contributed by atoms with Crippen LogP contribution in [0.25, 0.3) is 5.82 Å². The van der Waals surface area contributed by atoms with Gasteiger partial charge >= 0.3 is 0 Å². The highest BCUT2D eigenvalue weighted by molar-refractivity contribution is 6.36. The second kappa shape index (κ2) is 9.41. The molecule has 1 aliphatic rings. The fourth-order valence-corrected chi connectivity index (χ4v) is 3.74. The number of nitrogens with one attached hydrogen (secondary N) is 1. The number of halogens is 2. The number of nitrogen functional groups attached to an aromatic ring is 1. The molecule has 1 saturated heterocycles. The average Bonchev–Trinajstić information content (AvgIpc) is 3.36. The lowest BCUT2D eigenvalue weighted by Crippen LogP contribution is -2.31. The van der Waals surface area contributed by atoms with E-state index in [0.29, 0.717) is 27.8 Å². The molecule has 1 fully saturated rings. The van der Waals surface area contributed by atoms with Crippen LogP contribution in [0.1, 0.15) is 41.0 Å². The Kier molecular flexibility index (Phi) is 6.44. The Labute approximate surface area is 187 Å². The van der Waals surface area contributed by atoms with Gasteiger partial charge in [-0.25, -0.2) is 10.1 Å². The van der Waals surface area contributed by atoms with Crippen molar-refractivity contribution in [2.24, 2.45) is 5.10 Å². The van der Waals surface area contributed by atoms with Crippen molar-refractivity contribution in [1.82, 2.24) is 35.6 Å². The van der Waals surface area contributed by atoms with Gasteiger partial charge in [-0.1, -0.05) is 40.9 Å². The summed E-state index contributed by atoms with van der Waals surface area (Å²) in [7, 11) is 0. The Hall–Kier alpha value is -3.02. The van der Waals surface area contributed by atoms with Gasteiger partial charge in [0.15, 0.2) is 5.69 Å². The zero-order valence-corrected chi connectivity index (χ0v) is 17.8. The number of anilines is 1. The van der Waals surface area contributed by atoms with Crippen molar-refractivity contribution >= 4 is 41.1 Å². The molecule has 1 aromatic carbocycles. The molecule has 3 heterocycles. The number of amides is 1. The van der Waals surface area contributed by atoms with Crippen molar-refractivity contribution in [3.8, 4) is 5.82 Å². The van der Waals surface area contributed by atoms with Crippen LogP contribution in [-0.4, -0.2) is 55.4 Å². The number of carbonyl (C=O) groups is 1. The van der Waals surface area contributed by atoms with Crippen LogP contribution >= 0.6 is 23.2 Å². The number of hydrogen-bond donors (Lipinski definition) is 2. The molecule has 1 amide bonds. The third-order valence-electron chi connectivity index (χ3n) is 4.81. The molecule has 31 heavy (non-hydrogen) atoms. The minimum absolute atomic E-state index is 0.0140. The topological polar surface area (TPSA) is 140 Å². The molecule has 162 valence electrons. The maximum Gasteiger partial charge on any atom is 0.292 e. The quantitative estimate of drug-likeness (QED) is 0.418. The summed E-state index contributed by atoms with van der Waals surface area (Å²) in [5, 5.41) is 20.4. The maximum absolute atomic E-state index is 13.0. The highest BCUT2D eigenvalue weighted by Gasteiger charge is 2.26. The van der Waals surface area contributed by atoms with Gasteiger partial charge in [-0.15, -0.1) is 5.10 Å². The Bertz CT molecular complexity index is 1110. The van der Waals surface area contributed by atoms with E-state index in [0.717, 1.165) is 25.9 Å².